The molecule has 0 aliphatic heterocycles. The number of hydrogen-bond acceptors (Lipinski definition) is 2. The highest BCUT2D eigenvalue weighted by Gasteiger charge is 2.02. The molecular formula is C11H12FO2. The molecule has 3 heteroatoms. The van der Waals surface area contributed by atoms with Gasteiger partial charge in [0.1, 0.15) is 24.3 Å². The smallest absolute Gasteiger partial charge is 0.123 e. The molecule has 1 aromatic rings. The van der Waals surface area contributed by atoms with Crippen molar-refractivity contribution in [3.8, 4) is 5.75 Å². The lowest BCUT2D eigenvalue weighted by molar-refractivity contribution is 0.0916. The van der Waals surface area contributed by atoms with E-state index >= 15 is 0 Å². The van der Waals surface area contributed by atoms with E-state index in [9.17, 15) is 4.39 Å². The Morgan fingerprint density at radius 1 is 1.43 bits per heavy atom. The van der Waals surface area contributed by atoms with Crippen LogP contribution in [0.1, 0.15) is 0 Å². The molecule has 0 spiro atoms. The Balaban J connectivity index is 2.45. The lowest BCUT2D eigenvalue weighted by Gasteiger charge is -2.11. The fourth-order valence-corrected chi connectivity index (χ4v) is 0.911. The SMILES string of the molecule is [CH]=CC(COc1ccc(F)cc1)OC. The zero-order valence-corrected chi connectivity index (χ0v) is 7.94. The predicted octanol–water partition coefficient (Wildman–Crippen LogP) is 2.21. The molecule has 0 saturated heterocycles. The van der Waals surface area contributed by atoms with Crippen molar-refractivity contribution in [2.75, 3.05) is 13.7 Å². The Kier molecular flexibility index (Phi) is 4.13. The summed E-state index contributed by atoms with van der Waals surface area (Å²) in [5.41, 5.74) is 0. The van der Waals surface area contributed by atoms with E-state index in [0.29, 0.717) is 12.4 Å². The van der Waals surface area contributed by atoms with Crippen LogP contribution in [0.4, 0.5) is 4.39 Å². The first kappa shape index (κ1) is 10.7. The number of ether oxygens (including phenoxy) is 2. The number of rotatable bonds is 5. The molecule has 0 bridgehead atoms. The molecule has 0 amide bonds. The van der Waals surface area contributed by atoms with Crippen molar-refractivity contribution >= 4 is 0 Å². The van der Waals surface area contributed by atoms with Gasteiger partial charge in [-0.05, 0) is 24.3 Å². The van der Waals surface area contributed by atoms with Crippen molar-refractivity contribution in [1.29, 1.82) is 0 Å². The van der Waals surface area contributed by atoms with Crippen molar-refractivity contribution in [1.82, 2.24) is 0 Å². The van der Waals surface area contributed by atoms with Gasteiger partial charge in [0.05, 0.1) is 0 Å². The third kappa shape index (κ3) is 3.18. The van der Waals surface area contributed by atoms with E-state index in [4.69, 9.17) is 16.1 Å². The summed E-state index contributed by atoms with van der Waals surface area (Å²) in [6.45, 7) is 5.60. The molecule has 2 nitrogen and oxygen atoms in total. The molecule has 0 aromatic heterocycles. The fraction of sp³-hybridized carbons (Fsp3) is 0.273. The highest BCUT2D eigenvalue weighted by molar-refractivity contribution is 5.22. The van der Waals surface area contributed by atoms with E-state index in [-0.39, 0.29) is 11.9 Å². The van der Waals surface area contributed by atoms with Crippen LogP contribution in [0.15, 0.2) is 30.3 Å². The van der Waals surface area contributed by atoms with Gasteiger partial charge in [-0.1, -0.05) is 12.7 Å². The maximum Gasteiger partial charge on any atom is 0.123 e. The minimum Gasteiger partial charge on any atom is -0.491 e. The third-order valence-corrected chi connectivity index (χ3v) is 1.75. The number of halogens is 1. The minimum atomic E-state index is -0.286. The first-order valence-corrected chi connectivity index (χ1v) is 4.22. The average Bonchev–Trinajstić information content (AvgIpc) is 2.22. The van der Waals surface area contributed by atoms with Crippen molar-refractivity contribution in [3.63, 3.8) is 0 Å². The van der Waals surface area contributed by atoms with Crippen molar-refractivity contribution in [3.05, 3.63) is 42.7 Å². The normalized spacial score (nSPS) is 12.1. The van der Waals surface area contributed by atoms with E-state index in [0.717, 1.165) is 0 Å². The second-order valence-corrected chi connectivity index (χ2v) is 2.73. The Bertz CT molecular complexity index is 282. The predicted molar refractivity (Wildman–Crippen MR) is 51.6 cm³/mol. The molecule has 14 heavy (non-hydrogen) atoms. The highest BCUT2D eigenvalue weighted by atomic mass is 19.1. The van der Waals surface area contributed by atoms with Crippen LogP contribution in [-0.2, 0) is 4.74 Å². The first-order chi connectivity index (χ1) is 6.76. The summed E-state index contributed by atoms with van der Waals surface area (Å²) in [6, 6.07) is 5.78. The Hall–Kier alpha value is -1.35. The van der Waals surface area contributed by atoms with E-state index < -0.39 is 0 Å². The van der Waals surface area contributed by atoms with Gasteiger partial charge in [0.25, 0.3) is 0 Å². The van der Waals surface area contributed by atoms with Crippen LogP contribution < -0.4 is 4.74 Å². The molecule has 1 radical (unpaired) electrons. The molecule has 75 valence electrons. The maximum absolute atomic E-state index is 12.5. The van der Waals surface area contributed by atoms with E-state index in [2.05, 4.69) is 0 Å². The summed E-state index contributed by atoms with van der Waals surface area (Å²) < 4.78 is 22.8. The topological polar surface area (TPSA) is 18.5 Å². The van der Waals surface area contributed by atoms with Crippen LogP contribution in [-0.4, -0.2) is 19.8 Å². The number of methoxy groups -OCH3 is 1. The second-order valence-electron chi connectivity index (χ2n) is 2.73. The van der Waals surface area contributed by atoms with E-state index in [1.807, 2.05) is 0 Å². The zero-order valence-electron chi connectivity index (χ0n) is 7.94. The fourth-order valence-electron chi connectivity index (χ4n) is 0.911. The third-order valence-electron chi connectivity index (χ3n) is 1.75. The summed E-state index contributed by atoms with van der Waals surface area (Å²) in [7, 11) is 1.54. The van der Waals surface area contributed by atoms with Gasteiger partial charge in [0.2, 0.25) is 0 Å². The molecule has 0 N–H and O–H groups in total. The van der Waals surface area contributed by atoms with Crippen molar-refractivity contribution < 1.29 is 13.9 Å². The van der Waals surface area contributed by atoms with Gasteiger partial charge in [0, 0.05) is 7.11 Å². The lowest BCUT2D eigenvalue weighted by Crippen LogP contribution is -2.17. The van der Waals surface area contributed by atoms with Crippen LogP contribution in [0, 0.1) is 12.4 Å². The minimum absolute atomic E-state index is 0.250. The summed E-state index contributed by atoms with van der Waals surface area (Å²) in [6.07, 6.45) is 1.16. The van der Waals surface area contributed by atoms with Crippen LogP contribution >= 0.6 is 0 Å². The standard InChI is InChI=1S/C11H12FO2/c1-3-10(13-2)8-14-11-6-4-9(12)5-7-11/h1,3-7,10H,8H2,2H3. The zero-order chi connectivity index (χ0) is 10.4. The molecule has 0 fully saturated rings. The van der Waals surface area contributed by atoms with Gasteiger partial charge >= 0.3 is 0 Å². The average molecular weight is 195 g/mol. The summed E-state index contributed by atoms with van der Waals surface area (Å²) in [5, 5.41) is 0. The molecule has 1 atom stereocenters. The maximum atomic E-state index is 12.5. The second kappa shape index (κ2) is 5.40. The van der Waals surface area contributed by atoms with E-state index in [1.165, 1.54) is 18.2 Å². The summed E-state index contributed by atoms with van der Waals surface area (Å²) in [5.74, 6) is 0.307. The quantitative estimate of drug-likeness (QED) is 0.717. The van der Waals surface area contributed by atoms with Crippen LogP contribution in [0.5, 0.6) is 5.75 Å². The molecule has 1 aromatic carbocycles. The van der Waals surface area contributed by atoms with Gasteiger partial charge < -0.3 is 9.47 Å². The molecule has 0 saturated carbocycles. The largest absolute Gasteiger partial charge is 0.491 e. The van der Waals surface area contributed by atoms with Gasteiger partial charge in [0.15, 0.2) is 0 Å². The Morgan fingerprint density at radius 2 is 2.07 bits per heavy atom. The monoisotopic (exact) mass is 195 g/mol. The van der Waals surface area contributed by atoms with Crippen LogP contribution in [0.25, 0.3) is 0 Å². The van der Waals surface area contributed by atoms with Gasteiger partial charge in [-0.25, -0.2) is 4.39 Å². The molecule has 0 aliphatic rings. The molecule has 1 unspecified atom stereocenters. The Morgan fingerprint density at radius 3 is 2.57 bits per heavy atom. The van der Waals surface area contributed by atoms with Crippen LogP contribution in [0.3, 0.4) is 0 Å². The number of benzene rings is 1. The number of hydrogen-bond donors (Lipinski definition) is 0. The van der Waals surface area contributed by atoms with Crippen molar-refractivity contribution in [2.24, 2.45) is 0 Å². The molecule has 1 rings (SSSR count). The van der Waals surface area contributed by atoms with Crippen LogP contribution in [0.2, 0.25) is 0 Å². The molecule has 0 heterocycles. The highest BCUT2D eigenvalue weighted by Crippen LogP contribution is 2.11. The Labute approximate surface area is 83.0 Å². The lowest BCUT2D eigenvalue weighted by atomic mass is 10.3. The molecule has 0 aliphatic carbocycles. The van der Waals surface area contributed by atoms with E-state index in [1.54, 1.807) is 19.2 Å². The van der Waals surface area contributed by atoms with Gasteiger partial charge in [-0.3, -0.25) is 0 Å². The van der Waals surface area contributed by atoms with Crippen molar-refractivity contribution in [2.45, 2.75) is 6.10 Å². The van der Waals surface area contributed by atoms with Gasteiger partial charge in [-0.2, -0.15) is 0 Å². The first-order valence-electron chi connectivity index (χ1n) is 4.22. The summed E-state index contributed by atoms with van der Waals surface area (Å²) >= 11 is 0. The van der Waals surface area contributed by atoms with Gasteiger partial charge in [-0.15, -0.1) is 0 Å². The summed E-state index contributed by atoms with van der Waals surface area (Å²) in [4.78, 5) is 0. The molecular weight excluding hydrogens is 183 g/mol.